The zero-order valence-corrected chi connectivity index (χ0v) is 17.9. The van der Waals surface area contributed by atoms with Crippen LogP contribution in [0.25, 0.3) is 0 Å². The maximum absolute atomic E-state index is 12.5. The van der Waals surface area contributed by atoms with Gasteiger partial charge in [0.15, 0.2) is 0 Å². The molecular formula is C21H25N5O6. The predicted octanol–water partition coefficient (Wildman–Crippen LogP) is 1.94. The number of esters is 1. The number of carbonyl (C=O) groups is 2. The number of hydrogen-bond acceptors (Lipinski definition) is 9. The number of carbonyl (C=O) groups excluding carboxylic acids is 2. The number of rotatable bonds is 8. The van der Waals surface area contributed by atoms with Crippen molar-refractivity contribution < 1.29 is 24.0 Å². The summed E-state index contributed by atoms with van der Waals surface area (Å²) in [7, 11) is 1.39. The van der Waals surface area contributed by atoms with Crippen LogP contribution in [0.3, 0.4) is 0 Å². The second-order valence-electron chi connectivity index (χ2n) is 7.08. The van der Waals surface area contributed by atoms with E-state index in [2.05, 4.69) is 15.2 Å². The molecule has 1 aromatic carbocycles. The highest BCUT2D eigenvalue weighted by molar-refractivity contribution is 5.94. The fourth-order valence-electron chi connectivity index (χ4n) is 3.33. The van der Waals surface area contributed by atoms with Gasteiger partial charge >= 0.3 is 5.97 Å². The number of piperazine rings is 1. The first-order chi connectivity index (χ1) is 15.4. The molecule has 11 nitrogen and oxygen atoms in total. The maximum atomic E-state index is 12.5. The lowest BCUT2D eigenvalue weighted by molar-refractivity contribution is -0.384. The fourth-order valence-corrected chi connectivity index (χ4v) is 3.33. The molecule has 1 aliphatic rings. The van der Waals surface area contributed by atoms with Crippen LogP contribution in [0.2, 0.25) is 0 Å². The normalized spacial score (nSPS) is 14.0. The van der Waals surface area contributed by atoms with Gasteiger partial charge in [-0.05, 0) is 25.1 Å². The molecule has 2 aromatic rings. The van der Waals surface area contributed by atoms with Gasteiger partial charge in [0, 0.05) is 38.4 Å². The van der Waals surface area contributed by atoms with Crippen LogP contribution in [0.15, 0.2) is 36.5 Å². The van der Waals surface area contributed by atoms with E-state index in [-0.39, 0.29) is 23.9 Å². The van der Waals surface area contributed by atoms with Gasteiger partial charge in [-0.15, -0.1) is 0 Å². The lowest BCUT2D eigenvalue weighted by Gasteiger charge is -2.35. The number of hydrogen-bond donors (Lipinski definition) is 1. The SMILES string of the molecule is CCOC(=O)c1ccc(N2CCN(CC(=O)Nc3ccc([N+](=O)[O-])cc3OC)CC2)nc1. The molecule has 0 atom stereocenters. The molecule has 170 valence electrons. The van der Waals surface area contributed by atoms with Crippen LogP contribution < -0.4 is 15.0 Å². The molecule has 3 rings (SSSR count). The third-order valence-corrected chi connectivity index (χ3v) is 4.99. The van der Waals surface area contributed by atoms with Crippen molar-refractivity contribution in [2.75, 3.05) is 56.7 Å². The molecule has 1 saturated heterocycles. The standard InChI is InChI=1S/C21H25N5O6/c1-3-32-21(28)15-4-7-19(22-13-15)25-10-8-24(9-11-25)14-20(27)23-17-6-5-16(26(29)30)12-18(17)31-2/h4-7,12-13H,3,8-11,14H2,1-2H3,(H,23,27). The molecule has 2 heterocycles. The van der Waals surface area contributed by atoms with Crippen molar-refractivity contribution in [2.45, 2.75) is 6.92 Å². The number of pyridine rings is 1. The molecule has 11 heteroatoms. The number of aromatic nitrogens is 1. The number of non-ortho nitro benzene ring substituents is 1. The Morgan fingerprint density at radius 3 is 2.53 bits per heavy atom. The number of nitro groups is 1. The summed E-state index contributed by atoms with van der Waals surface area (Å²) in [5.74, 6) is 0.363. The Labute approximate surface area is 185 Å². The van der Waals surface area contributed by atoms with Gasteiger partial charge < -0.3 is 19.7 Å². The Hall–Kier alpha value is -3.73. The van der Waals surface area contributed by atoms with Gasteiger partial charge in [0.2, 0.25) is 5.91 Å². The minimum Gasteiger partial charge on any atom is -0.494 e. The molecule has 1 aliphatic heterocycles. The van der Waals surface area contributed by atoms with Gasteiger partial charge in [-0.2, -0.15) is 0 Å². The van der Waals surface area contributed by atoms with Gasteiger partial charge in [-0.1, -0.05) is 0 Å². The van der Waals surface area contributed by atoms with E-state index in [0.717, 1.165) is 5.82 Å². The number of amides is 1. The highest BCUT2D eigenvalue weighted by Crippen LogP contribution is 2.29. The first-order valence-electron chi connectivity index (χ1n) is 10.1. The number of methoxy groups -OCH3 is 1. The summed E-state index contributed by atoms with van der Waals surface area (Å²) in [4.78, 5) is 43.0. The maximum Gasteiger partial charge on any atom is 0.339 e. The van der Waals surface area contributed by atoms with Gasteiger partial charge in [0.1, 0.15) is 11.6 Å². The molecule has 0 radical (unpaired) electrons. The zero-order valence-electron chi connectivity index (χ0n) is 17.9. The third kappa shape index (κ3) is 5.70. The van der Waals surface area contributed by atoms with E-state index >= 15 is 0 Å². The van der Waals surface area contributed by atoms with Crippen molar-refractivity contribution in [3.63, 3.8) is 0 Å². The second-order valence-corrected chi connectivity index (χ2v) is 7.08. The molecule has 0 bridgehead atoms. The molecule has 0 aliphatic carbocycles. The van der Waals surface area contributed by atoms with Crippen molar-refractivity contribution in [1.29, 1.82) is 0 Å². The molecule has 1 amide bonds. The second kappa shape index (κ2) is 10.5. The monoisotopic (exact) mass is 443 g/mol. The van der Waals surface area contributed by atoms with Crippen molar-refractivity contribution >= 4 is 29.1 Å². The van der Waals surface area contributed by atoms with Gasteiger partial charge in [-0.3, -0.25) is 19.8 Å². The van der Waals surface area contributed by atoms with E-state index in [1.165, 1.54) is 31.5 Å². The van der Waals surface area contributed by atoms with Crippen LogP contribution in [-0.4, -0.2) is 73.1 Å². The van der Waals surface area contributed by atoms with Crippen LogP contribution in [0.5, 0.6) is 5.75 Å². The molecule has 1 fully saturated rings. The number of anilines is 2. The highest BCUT2D eigenvalue weighted by atomic mass is 16.6. The predicted molar refractivity (Wildman–Crippen MR) is 117 cm³/mol. The summed E-state index contributed by atoms with van der Waals surface area (Å²) in [6.45, 7) is 4.93. The summed E-state index contributed by atoms with van der Waals surface area (Å²) >= 11 is 0. The summed E-state index contributed by atoms with van der Waals surface area (Å²) < 4.78 is 10.1. The highest BCUT2D eigenvalue weighted by Gasteiger charge is 2.21. The van der Waals surface area contributed by atoms with Crippen molar-refractivity contribution in [2.24, 2.45) is 0 Å². The molecule has 1 aromatic heterocycles. The summed E-state index contributed by atoms with van der Waals surface area (Å²) in [5.41, 5.74) is 0.681. The Morgan fingerprint density at radius 2 is 1.94 bits per heavy atom. The molecule has 0 unspecified atom stereocenters. The van der Waals surface area contributed by atoms with E-state index in [0.29, 0.717) is 44.0 Å². The van der Waals surface area contributed by atoms with E-state index in [4.69, 9.17) is 9.47 Å². The van der Waals surface area contributed by atoms with E-state index in [1.54, 1.807) is 19.1 Å². The number of ether oxygens (including phenoxy) is 2. The average molecular weight is 443 g/mol. The number of nitrogens with zero attached hydrogens (tertiary/aromatic N) is 4. The van der Waals surface area contributed by atoms with E-state index in [1.807, 2.05) is 4.90 Å². The molecule has 0 saturated carbocycles. The van der Waals surface area contributed by atoms with Crippen LogP contribution in [0.4, 0.5) is 17.2 Å². The van der Waals surface area contributed by atoms with Gasteiger partial charge in [-0.25, -0.2) is 9.78 Å². The first-order valence-corrected chi connectivity index (χ1v) is 10.1. The van der Waals surface area contributed by atoms with Crippen molar-refractivity contribution in [3.05, 3.63) is 52.2 Å². The summed E-state index contributed by atoms with van der Waals surface area (Å²) in [6, 6.07) is 7.53. The van der Waals surface area contributed by atoms with Crippen LogP contribution in [0.1, 0.15) is 17.3 Å². The topological polar surface area (TPSA) is 127 Å². The largest absolute Gasteiger partial charge is 0.494 e. The number of benzene rings is 1. The fraction of sp³-hybridized carbons (Fsp3) is 0.381. The van der Waals surface area contributed by atoms with Gasteiger partial charge in [0.25, 0.3) is 5.69 Å². The van der Waals surface area contributed by atoms with Crippen molar-refractivity contribution in [1.82, 2.24) is 9.88 Å². The molecule has 0 spiro atoms. The number of nitrogens with one attached hydrogen (secondary N) is 1. The third-order valence-electron chi connectivity index (χ3n) is 4.99. The van der Waals surface area contributed by atoms with Crippen LogP contribution in [-0.2, 0) is 9.53 Å². The number of nitro benzene ring substituents is 1. The van der Waals surface area contributed by atoms with Crippen molar-refractivity contribution in [3.8, 4) is 5.75 Å². The lowest BCUT2D eigenvalue weighted by Crippen LogP contribution is -2.48. The Morgan fingerprint density at radius 1 is 1.19 bits per heavy atom. The summed E-state index contributed by atoms with van der Waals surface area (Å²) in [6.07, 6.45) is 1.50. The minimum absolute atomic E-state index is 0.111. The minimum atomic E-state index is -0.521. The molecule has 32 heavy (non-hydrogen) atoms. The molecular weight excluding hydrogens is 418 g/mol. The van der Waals surface area contributed by atoms with E-state index < -0.39 is 10.9 Å². The lowest BCUT2D eigenvalue weighted by atomic mass is 10.2. The van der Waals surface area contributed by atoms with Crippen LogP contribution >= 0.6 is 0 Å². The smallest absolute Gasteiger partial charge is 0.339 e. The van der Waals surface area contributed by atoms with E-state index in [9.17, 15) is 19.7 Å². The first kappa shape index (κ1) is 22.9. The molecule has 1 N–H and O–H groups in total. The zero-order chi connectivity index (χ0) is 23.1. The quantitative estimate of drug-likeness (QED) is 0.370. The Kier molecular flexibility index (Phi) is 7.55. The Bertz CT molecular complexity index is 973. The van der Waals surface area contributed by atoms with Gasteiger partial charge in [0.05, 0.1) is 42.5 Å². The summed E-state index contributed by atoms with van der Waals surface area (Å²) in [5, 5.41) is 13.6. The van der Waals surface area contributed by atoms with Crippen LogP contribution in [0, 0.1) is 10.1 Å². The average Bonchev–Trinajstić information content (AvgIpc) is 2.80. The Balaban J connectivity index is 1.51.